The molecule has 7 heteroatoms. The van der Waals surface area contributed by atoms with Gasteiger partial charge in [0.15, 0.2) is 0 Å². The molecule has 1 heterocycles. The smallest absolute Gasteiger partial charge is 0.406 e. The SMILES string of the molecule is OCc1ncc(F)cc1-c1ccc(OC(F)(F)F)cc1. The summed E-state index contributed by atoms with van der Waals surface area (Å²) < 4.78 is 53.0. The fraction of sp³-hybridized carbons (Fsp3) is 0.154. The zero-order chi connectivity index (χ0) is 14.8. The van der Waals surface area contributed by atoms with Crippen molar-refractivity contribution < 1.29 is 27.4 Å². The molecule has 2 aromatic rings. The molecule has 0 amide bonds. The van der Waals surface area contributed by atoms with Gasteiger partial charge in [0.1, 0.15) is 11.6 Å². The highest BCUT2D eigenvalue weighted by Crippen LogP contribution is 2.28. The number of nitrogens with zero attached hydrogens (tertiary/aromatic N) is 1. The van der Waals surface area contributed by atoms with Crippen molar-refractivity contribution in [1.29, 1.82) is 0 Å². The number of alkyl halides is 3. The lowest BCUT2D eigenvalue weighted by Gasteiger charge is -2.10. The zero-order valence-electron chi connectivity index (χ0n) is 9.99. The summed E-state index contributed by atoms with van der Waals surface area (Å²) >= 11 is 0. The van der Waals surface area contributed by atoms with Crippen LogP contribution in [0.25, 0.3) is 11.1 Å². The van der Waals surface area contributed by atoms with E-state index < -0.39 is 18.8 Å². The third-order valence-corrected chi connectivity index (χ3v) is 2.49. The number of benzene rings is 1. The predicted molar refractivity (Wildman–Crippen MR) is 62.2 cm³/mol. The van der Waals surface area contributed by atoms with Crippen molar-refractivity contribution in [3.8, 4) is 16.9 Å². The Balaban J connectivity index is 2.33. The van der Waals surface area contributed by atoms with Crippen molar-refractivity contribution in [1.82, 2.24) is 4.98 Å². The molecule has 0 radical (unpaired) electrons. The Kier molecular flexibility index (Phi) is 3.89. The summed E-state index contributed by atoms with van der Waals surface area (Å²) in [6.07, 6.45) is -3.81. The van der Waals surface area contributed by atoms with Gasteiger partial charge in [0.05, 0.1) is 18.5 Å². The van der Waals surface area contributed by atoms with Crippen molar-refractivity contribution in [2.45, 2.75) is 13.0 Å². The van der Waals surface area contributed by atoms with E-state index in [9.17, 15) is 17.6 Å². The van der Waals surface area contributed by atoms with E-state index in [-0.39, 0.29) is 11.4 Å². The third-order valence-electron chi connectivity index (χ3n) is 2.49. The van der Waals surface area contributed by atoms with E-state index in [4.69, 9.17) is 5.11 Å². The van der Waals surface area contributed by atoms with E-state index in [1.165, 1.54) is 12.1 Å². The van der Waals surface area contributed by atoms with Crippen LogP contribution >= 0.6 is 0 Å². The Morgan fingerprint density at radius 2 is 1.80 bits per heavy atom. The molecule has 20 heavy (non-hydrogen) atoms. The zero-order valence-corrected chi connectivity index (χ0v) is 9.99. The molecule has 0 bridgehead atoms. The van der Waals surface area contributed by atoms with Gasteiger partial charge in [0.2, 0.25) is 0 Å². The second kappa shape index (κ2) is 5.46. The van der Waals surface area contributed by atoms with Crippen LogP contribution < -0.4 is 4.74 Å². The third kappa shape index (κ3) is 3.45. The molecule has 0 spiro atoms. The average molecular weight is 287 g/mol. The first-order valence-corrected chi connectivity index (χ1v) is 5.50. The topological polar surface area (TPSA) is 42.4 Å². The van der Waals surface area contributed by atoms with E-state index in [0.29, 0.717) is 11.1 Å². The fourth-order valence-corrected chi connectivity index (χ4v) is 1.68. The second-order valence-electron chi connectivity index (χ2n) is 3.88. The van der Waals surface area contributed by atoms with Gasteiger partial charge in [-0.15, -0.1) is 13.2 Å². The predicted octanol–water partition coefficient (Wildman–Crippen LogP) is 3.28. The van der Waals surface area contributed by atoms with Crippen LogP contribution in [0.15, 0.2) is 36.5 Å². The molecule has 0 saturated heterocycles. The number of halogens is 4. The Bertz CT molecular complexity index is 596. The minimum Gasteiger partial charge on any atom is -0.406 e. The van der Waals surface area contributed by atoms with Gasteiger partial charge >= 0.3 is 6.36 Å². The molecule has 0 saturated carbocycles. The Hall–Kier alpha value is -2.15. The lowest BCUT2D eigenvalue weighted by atomic mass is 10.0. The standard InChI is InChI=1S/C13H9F4NO2/c14-9-5-11(12(7-19)18-6-9)8-1-3-10(4-2-8)20-13(15,16)17/h1-6,19H,7H2. The summed E-state index contributed by atoms with van der Waals surface area (Å²) in [5.74, 6) is -0.982. The van der Waals surface area contributed by atoms with E-state index in [1.807, 2.05) is 0 Å². The number of hydrogen-bond donors (Lipinski definition) is 1. The highest BCUT2D eigenvalue weighted by molar-refractivity contribution is 5.66. The number of rotatable bonds is 3. The van der Waals surface area contributed by atoms with Crippen LogP contribution in [0.5, 0.6) is 5.75 Å². The lowest BCUT2D eigenvalue weighted by Crippen LogP contribution is -2.16. The highest BCUT2D eigenvalue weighted by atomic mass is 19.4. The summed E-state index contributed by atoms with van der Waals surface area (Å²) in [5, 5.41) is 9.12. The summed E-state index contributed by atoms with van der Waals surface area (Å²) in [6.45, 7) is -0.406. The van der Waals surface area contributed by atoms with E-state index in [0.717, 1.165) is 24.4 Å². The summed E-state index contributed by atoms with van der Waals surface area (Å²) in [6, 6.07) is 6.02. The number of ether oxygens (including phenoxy) is 1. The molecule has 106 valence electrons. The first-order valence-electron chi connectivity index (χ1n) is 5.50. The van der Waals surface area contributed by atoms with E-state index in [2.05, 4.69) is 9.72 Å². The van der Waals surface area contributed by atoms with Crippen LogP contribution in [0.1, 0.15) is 5.69 Å². The molecule has 0 aliphatic carbocycles. The van der Waals surface area contributed by atoms with Crippen molar-refractivity contribution in [2.75, 3.05) is 0 Å². The van der Waals surface area contributed by atoms with E-state index in [1.54, 1.807) is 0 Å². The molecular weight excluding hydrogens is 278 g/mol. The molecule has 3 nitrogen and oxygen atoms in total. The first-order chi connectivity index (χ1) is 9.39. The quantitative estimate of drug-likeness (QED) is 0.881. The Morgan fingerprint density at radius 3 is 2.35 bits per heavy atom. The number of aromatic nitrogens is 1. The number of aliphatic hydroxyl groups excluding tert-OH is 1. The van der Waals surface area contributed by atoms with Crippen LogP contribution in [0.3, 0.4) is 0 Å². The monoisotopic (exact) mass is 287 g/mol. The van der Waals surface area contributed by atoms with Crippen LogP contribution in [-0.4, -0.2) is 16.5 Å². The molecule has 0 aliphatic rings. The maximum Gasteiger partial charge on any atom is 0.573 e. The minimum absolute atomic E-state index is 0.232. The average Bonchev–Trinajstić information content (AvgIpc) is 2.38. The first kappa shape index (κ1) is 14.3. The maximum atomic E-state index is 13.2. The molecule has 2 rings (SSSR count). The fourth-order valence-electron chi connectivity index (χ4n) is 1.68. The van der Waals surface area contributed by atoms with Crippen molar-refractivity contribution in [2.24, 2.45) is 0 Å². The van der Waals surface area contributed by atoms with E-state index >= 15 is 0 Å². The minimum atomic E-state index is -4.77. The largest absolute Gasteiger partial charge is 0.573 e. The number of hydrogen-bond acceptors (Lipinski definition) is 3. The van der Waals surface area contributed by atoms with Crippen LogP contribution in [0, 0.1) is 5.82 Å². The second-order valence-corrected chi connectivity index (χ2v) is 3.88. The van der Waals surface area contributed by atoms with Gasteiger partial charge in [-0.25, -0.2) is 4.39 Å². The molecule has 0 atom stereocenters. The summed E-state index contributed by atoms with van der Waals surface area (Å²) in [4.78, 5) is 3.72. The van der Waals surface area contributed by atoms with Crippen molar-refractivity contribution >= 4 is 0 Å². The maximum absolute atomic E-state index is 13.2. The van der Waals surface area contributed by atoms with Gasteiger partial charge in [-0.2, -0.15) is 0 Å². The molecule has 0 fully saturated rings. The molecular formula is C13H9F4NO2. The van der Waals surface area contributed by atoms with Crippen molar-refractivity contribution in [3.63, 3.8) is 0 Å². The van der Waals surface area contributed by atoms with Gasteiger partial charge in [0, 0.05) is 5.56 Å². The van der Waals surface area contributed by atoms with Crippen LogP contribution in [0.2, 0.25) is 0 Å². The molecule has 0 aliphatic heterocycles. The normalized spacial score (nSPS) is 11.4. The van der Waals surface area contributed by atoms with Gasteiger partial charge < -0.3 is 9.84 Å². The van der Waals surface area contributed by atoms with Crippen molar-refractivity contribution in [3.05, 3.63) is 48.0 Å². The Labute approximate surface area is 111 Å². The van der Waals surface area contributed by atoms with Gasteiger partial charge in [0.25, 0.3) is 0 Å². The molecule has 1 aromatic carbocycles. The Morgan fingerprint density at radius 1 is 1.15 bits per heavy atom. The van der Waals surface area contributed by atoms with Gasteiger partial charge in [-0.3, -0.25) is 4.98 Å². The summed E-state index contributed by atoms with van der Waals surface area (Å²) in [7, 11) is 0. The van der Waals surface area contributed by atoms with Crippen LogP contribution in [-0.2, 0) is 6.61 Å². The van der Waals surface area contributed by atoms with Crippen LogP contribution in [0.4, 0.5) is 17.6 Å². The molecule has 1 aromatic heterocycles. The molecule has 1 N–H and O–H groups in total. The number of pyridine rings is 1. The molecule has 0 unspecified atom stereocenters. The lowest BCUT2D eigenvalue weighted by molar-refractivity contribution is -0.274. The summed E-state index contributed by atoms with van der Waals surface area (Å²) in [5.41, 5.74) is 0.970. The number of aliphatic hydroxyl groups is 1. The van der Waals surface area contributed by atoms with Gasteiger partial charge in [-0.1, -0.05) is 12.1 Å². The van der Waals surface area contributed by atoms with Gasteiger partial charge in [-0.05, 0) is 23.8 Å². The highest BCUT2D eigenvalue weighted by Gasteiger charge is 2.30.